The van der Waals surface area contributed by atoms with Gasteiger partial charge < -0.3 is 5.32 Å². The molecule has 3 aromatic rings. The third-order valence-corrected chi connectivity index (χ3v) is 4.91. The second-order valence-electron chi connectivity index (χ2n) is 5.60. The summed E-state index contributed by atoms with van der Waals surface area (Å²) in [7, 11) is -3.28. The highest BCUT2D eigenvalue weighted by atomic mass is 32.2. The summed E-state index contributed by atoms with van der Waals surface area (Å²) in [5, 5.41) is 3.92. The van der Waals surface area contributed by atoms with Crippen molar-refractivity contribution in [3.05, 3.63) is 53.9 Å². The molecule has 3 rings (SSSR count). The molecule has 0 saturated carbocycles. The van der Waals surface area contributed by atoms with Gasteiger partial charge in [0.05, 0.1) is 10.4 Å². The predicted molar refractivity (Wildman–Crippen MR) is 91.8 cm³/mol. The molecule has 23 heavy (non-hydrogen) atoms. The van der Waals surface area contributed by atoms with E-state index in [9.17, 15) is 8.42 Å². The number of rotatable bonds is 3. The summed E-state index contributed by atoms with van der Waals surface area (Å²) in [5.74, 6) is 0.587. The largest absolute Gasteiger partial charge is 0.340 e. The standard InChI is InChI=1S/C17H17N3O2S/c1-11-4-5-13(8-12(11)2)20-17-15-9-14(23(3,21)22)6-7-16(15)18-10-19-17/h4-10H,1-3H3,(H,18,19,20). The van der Waals surface area contributed by atoms with Crippen molar-refractivity contribution in [2.24, 2.45) is 0 Å². The van der Waals surface area contributed by atoms with E-state index < -0.39 is 9.84 Å². The molecule has 2 aromatic carbocycles. The SMILES string of the molecule is Cc1ccc(Nc2ncnc3ccc(S(C)(=O)=O)cc23)cc1C. The van der Waals surface area contributed by atoms with E-state index in [0.29, 0.717) is 16.7 Å². The summed E-state index contributed by atoms with van der Waals surface area (Å²) >= 11 is 0. The van der Waals surface area contributed by atoms with E-state index in [4.69, 9.17) is 0 Å². The molecule has 0 spiro atoms. The fourth-order valence-electron chi connectivity index (χ4n) is 2.32. The number of aryl methyl sites for hydroxylation is 2. The molecule has 1 aromatic heterocycles. The van der Waals surface area contributed by atoms with Crippen molar-refractivity contribution in [2.45, 2.75) is 18.7 Å². The van der Waals surface area contributed by atoms with E-state index in [0.717, 1.165) is 5.69 Å². The van der Waals surface area contributed by atoms with Crippen LogP contribution in [0.4, 0.5) is 11.5 Å². The number of nitrogens with one attached hydrogen (secondary N) is 1. The molecule has 0 amide bonds. The maximum absolute atomic E-state index is 11.8. The molecular formula is C17H17N3O2S. The van der Waals surface area contributed by atoms with Crippen LogP contribution in [-0.2, 0) is 9.84 Å². The lowest BCUT2D eigenvalue weighted by atomic mass is 10.1. The smallest absolute Gasteiger partial charge is 0.175 e. The average Bonchev–Trinajstić information content (AvgIpc) is 2.50. The van der Waals surface area contributed by atoms with Crippen LogP contribution in [0, 0.1) is 13.8 Å². The summed E-state index contributed by atoms with van der Waals surface area (Å²) in [5.41, 5.74) is 3.98. The molecule has 0 saturated heterocycles. The predicted octanol–water partition coefficient (Wildman–Crippen LogP) is 3.39. The molecule has 1 N–H and O–H groups in total. The Hall–Kier alpha value is -2.47. The Kier molecular flexibility index (Phi) is 3.77. The van der Waals surface area contributed by atoms with Gasteiger partial charge in [0.1, 0.15) is 12.1 Å². The summed E-state index contributed by atoms with van der Waals surface area (Å²) in [6.45, 7) is 4.10. The zero-order valence-electron chi connectivity index (χ0n) is 13.2. The zero-order chi connectivity index (χ0) is 16.6. The molecule has 0 fully saturated rings. The van der Waals surface area contributed by atoms with Crippen LogP contribution in [0.15, 0.2) is 47.6 Å². The molecular weight excluding hydrogens is 310 g/mol. The van der Waals surface area contributed by atoms with Crippen LogP contribution in [0.2, 0.25) is 0 Å². The Morgan fingerprint density at radius 1 is 0.957 bits per heavy atom. The highest BCUT2D eigenvalue weighted by Crippen LogP contribution is 2.26. The Labute approximate surface area is 135 Å². The van der Waals surface area contributed by atoms with Gasteiger partial charge in [0.15, 0.2) is 9.84 Å². The Morgan fingerprint density at radius 2 is 1.74 bits per heavy atom. The highest BCUT2D eigenvalue weighted by Gasteiger charge is 2.11. The topological polar surface area (TPSA) is 72.0 Å². The van der Waals surface area contributed by atoms with Crippen molar-refractivity contribution >= 4 is 32.2 Å². The van der Waals surface area contributed by atoms with Gasteiger partial charge in [0.2, 0.25) is 0 Å². The van der Waals surface area contributed by atoms with Crippen LogP contribution in [0.3, 0.4) is 0 Å². The minimum atomic E-state index is -3.28. The second-order valence-corrected chi connectivity index (χ2v) is 7.61. The lowest BCUT2D eigenvalue weighted by molar-refractivity contribution is 0.602. The fraction of sp³-hybridized carbons (Fsp3) is 0.176. The normalized spacial score (nSPS) is 11.6. The minimum absolute atomic E-state index is 0.253. The molecule has 5 nitrogen and oxygen atoms in total. The first kappa shape index (κ1) is 15.4. The van der Waals surface area contributed by atoms with Crippen LogP contribution < -0.4 is 5.32 Å². The molecule has 0 bridgehead atoms. The van der Waals surface area contributed by atoms with Gasteiger partial charge in [0, 0.05) is 17.3 Å². The first-order valence-corrected chi connectivity index (χ1v) is 9.03. The molecule has 0 aliphatic heterocycles. The van der Waals surface area contributed by atoms with Crippen LogP contribution in [0.5, 0.6) is 0 Å². The summed E-state index contributed by atoms with van der Waals surface area (Å²) in [6.07, 6.45) is 2.65. The number of fused-ring (bicyclic) bond motifs is 1. The number of hydrogen-bond donors (Lipinski definition) is 1. The van der Waals surface area contributed by atoms with Gasteiger partial charge in [-0.15, -0.1) is 0 Å². The van der Waals surface area contributed by atoms with Crippen molar-refractivity contribution in [3.8, 4) is 0 Å². The lowest BCUT2D eigenvalue weighted by Crippen LogP contribution is -2.00. The molecule has 0 aliphatic carbocycles. The van der Waals surface area contributed by atoms with Crippen LogP contribution >= 0.6 is 0 Å². The average molecular weight is 327 g/mol. The highest BCUT2D eigenvalue weighted by molar-refractivity contribution is 7.90. The number of aromatic nitrogens is 2. The third kappa shape index (κ3) is 3.17. The maximum atomic E-state index is 11.8. The molecule has 1 heterocycles. The Bertz CT molecular complexity index is 998. The molecule has 0 unspecified atom stereocenters. The number of hydrogen-bond acceptors (Lipinski definition) is 5. The molecule has 6 heteroatoms. The van der Waals surface area contributed by atoms with Gasteiger partial charge in [-0.25, -0.2) is 18.4 Å². The van der Waals surface area contributed by atoms with Crippen LogP contribution in [-0.4, -0.2) is 24.6 Å². The second kappa shape index (κ2) is 5.62. The van der Waals surface area contributed by atoms with Crippen molar-refractivity contribution in [1.82, 2.24) is 9.97 Å². The third-order valence-electron chi connectivity index (χ3n) is 3.80. The Balaban J connectivity index is 2.11. The lowest BCUT2D eigenvalue weighted by Gasteiger charge is -2.10. The number of benzene rings is 2. The zero-order valence-corrected chi connectivity index (χ0v) is 14.0. The van der Waals surface area contributed by atoms with Gasteiger partial charge in [0.25, 0.3) is 0 Å². The summed E-state index contributed by atoms with van der Waals surface area (Å²) in [6, 6.07) is 10.9. The molecule has 0 atom stereocenters. The van der Waals surface area contributed by atoms with Gasteiger partial charge in [-0.3, -0.25) is 0 Å². The summed E-state index contributed by atoms with van der Waals surface area (Å²) < 4.78 is 23.5. The number of anilines is 2. The maximum Gasteiger partial charge on any atom is 0.175 e. The van der Waals surface area contributed by atoms with Gasteiger partial charge in [-0.1, -0.05) is 6.07 Å². The van der Waals surface area contributed by atoms with Crippen molar-refractivity contribution in [2.75, 3.05) is 11.6 Å². The Morgan fingerprint density at radius 3 is 2.43 bits per heavy atom. The van der Waals surface area contributed by atoms with E-state index in [-0.39, 0.29) is 4.90 Å². The fourth-order valence-corrected chi connectivity index (χ4v) is 2.97. The van der Waals surface area contributed by atoms with E-state index in [1.165, 1.54) is 23.7 Å². The molecule has 0 aliphatic rings. The van der Waals surface area contributed by atoms with Crippen molar-refractivity contribution in [3.63, 3.8) is 0 Å². The first-order chi connectivity index (χ1) is 10.8. The van der Waals surface area contributed by atoms with E-state index in [2.05, 4.69) is 22.2 Å². The van der Waals surface area contributed by atoms with Gasteiger partial charge in [-0.2, -0.15) is 0 Å². The quantitative estimate of drug-likeness (QED) is 0.798. The van der Waals surface area contributed by atoms with Crippen molar-refractivity contribution < 1.29 is 8.42 Å². The molecule has 118 valence electrons. The van der Waals surface area contributed by atoms with Crippen LogP contribution in [0.1, 0.15) is 11.1 Å². The van der Waals surface area contributed by atoms with E-state index >= 15 is 0 Å². The van der Waals surface area contributed by atoms with E-state index in [1.54, 1.807) is 18.2 Å². The van der Waals surface area contributed by atoms with Crippen LogP contribution in [0.25, 0.3) is 10.9 Å². The first-order valence-electron chi connectivity index (χ1n) is 7.14. The van der Waals surface area contributed by atoms with E-state index in [1.807, 2.05) is 25.1 Å². The van der Waals surface area contributed by atoms with Gasteiger partial charge in [-0.05, 0) is 55.3 Å². The van der Waals surface area contributed by atoms with Crippen molar-refractivity contribution in [1.29, 1.82) is 0 Å². The minimum Gasteiger partial charge on any atom is -0.340 e. The van der Waals surface area contributed by atoms with Gasteiger partial charge >= 0.3 is 0 Å². The monoisotopic (exact) mass is 327 g/mol. The number of sulfone groups is 1. The number of nitrogens with zero attached hydrogens (tertiary/aromatic N) is 2. The molecule has 0 radical (unpaired) electrons. The summed E-state index contributed by atoms with van der Waals surface area (Å²) in [4.78, 5) is 8.71.